The van der Waals surface area contributed by atoms with Gasteiger partial charge in [-0.25, -0.2) is 8.42 Å². The van der Waals surface area contributed by atoms with Gasteiger partial charge in [-0.1, -0.05) is 19.9 Å². The Bertz CT molecular complexity index is 664. The van der Waals surface area contributed by atoms with Gasteiger partial charge < -0.3 is 5.32 Å². The zero-order valence-electron chi connectivity index (χ0n) is 13.6. The van der Waals surface area contributed by atoms with Gasteiger partial charge in [0.2, 0.25) is 15.9 Å². The highest BCUT2D eigenvalue weighted by Crippen LogP contribution is 2.34. The summed E-state index contributed by atoms with van der Waals surface area (Å²) in [5, 5.41) is 2.65. The molecule has 1 N–H and O–H groups in total. The van der Waals surface area contributed by atoms with Crippen LogP contribution in [0.3, 0.4) is 0 Å². The molecular weight excluding hydrogens is 300 g/mol. The van der Waals surface area contributed by atoms with Crippen molar-refractivity contribution in [1.29, 1.82) is 0 Å². The van der Waals surface area contributed by atoms with Crippen LogP contribution in [-0.4, -0.2) is 31.2 Å². The number of nitrogens with zero attached hydrogens (tertiary/aromatic N) is 1. The van der Waals surface area contributed by atoms with E-state index in [0.717, 1.165) is 12.8 Å². The lowest BCUT2D eigenvalue weighted by atomic mass is 10.2. The molecule has 0 atom stereocenters. The maximum atomic E-state index is 13.0. The molecule has 0 bridgehead atoms. The first-order valence-electron chi connectivity index (χ1n) is 7.62. The average molecular weight is 324 g/mol. The zero-order chi connectivity index (χ0) is 16.5. The van der Waals surface area contributed by atoms with Gasteiger partial charge in [0.1, 0.15) is 0 Å². The van der Waals surface area contributed by atoms with Gasteiger partial charge >= 0.3 is 0 Å². The fourth-order valence-corrected chi connectivity index (χ4v) is 4.55. The summed E-state index contributed by atoms with van der Waals surface area (Å²) in [6, 6.07) is 5.14. The van der Waals surface area contributed by atoms with E-state index >= 15 is 0 Å². The first kappa shape index (κ1) is 17.0. The summed E-state index contributed by atoms with van der Waals surface area (Å²) in [7, 11) is -3.54. The molecule has 0 spiro atoms. The summed E-state index contributed by atoms with van der Waals surface area (Å²) in [5.41, 5.74) is 1.21. The molecule has 2 rings (SSSR count). The molecule has 0 aliphatic heterocycles. The Hall–Kier alpha value is -1.40. The molecule has 0 heterocycles. The van der Waals surface area contributed by atoms with E-state index < -0.39 is 10.0 Å². The summed E-state index contributed by atoms with van der Waals surface area (Å²) < 4.78 is 27.7. The van der Waals surface area contributed by atoms with Gasteiger partial charge in [-0.3, -0.25) is 4.79 Å². The SMILES string of the molecule is CC(=O)Nc1ccc(C)c(S(=O)(=O)N(CC(C)C)C2CC2)c1. The number of anilines is 1. The second-order valence-corrected chi connectivity index (χ2v) is 8.22. The van der Waals surface area contributed by atoms with Gasteiger partial charge in [0.15, 0.2) is 0 Å². The first-order chi connectivity index (χ1) is 10.2. The number of benzene rings is 1. The first-order valence-corrected chi connectivity index (χ1v) is 9.06. The van der Waals surface area contributed by atoms with Crippen molar-refractivity contribution in [1.82, 2.24) is 4.31 Å². The minimum absolute atomic E-state index is 0.122. The topological polar surface area (TPSA) is 66.5 Å². The quantitative estimate of drug-likeness (QED) is 0.875. The highest BCUT2D eigenvalue weighted by molar-refractivity contribution is 7.89. The van der Waals surface area contributed by atoms with E-state index in [1.807, 2.05) is 13.8 Å². The van der Waals surface area contributed by atoms with Crippen LogP contribution in [0.5, 0.6) is 0 Å². The molecule has 1 amide bonds. The van der Waals surface area contributed by atoms with E-state index in [1.54, 1.807) is 29.4 Å². The summed E-state index contributed by atoms with van der Waals surface area (Å²) in [6.07, 6.45) is 1.85. The van der Waals surface area contributed by atoms with Crippen LogP contribution < -0.4 is 5.32 Å². The van der Waals surface area contributed by atoms with Crippen LogP contribution in [0, 0.1) is 12.8 Å². The lowest BCUT2D eigenvalue weighted by Gasteiger charge is -2.25. The third-order valence-electron chi connectivity index (χ3n) is 3.59. The summed E-state index contributed by atoms with van der Waals surface area (Å²) in [4.78, 5) is 11.5. The molecule has 1 aromatic rings. The number of carbonyl (C=O) groups is 1. The standard InChI is InChI=1S/C16H24N2O3S/c1-11(2)10-18(15-7-8-15)22(20,21)16-9-14(17-13(4)19)6-5-12(16)3/h5-6,9,11,15H,7-8,10H2,1-4H3,(H,17,19). The van der Waals surface area contributed by atoms with Crippen LogP contribution in [0.2, 0.25) is 0 Å². The predicted octanol–water partition coefficient (Wildman–Crippen LogP) is 2.76. The van der Waals surface area contributed by atoms with E-state index in [-0.39, 0.29) is 22.8 Å². The number of rotatable bonds is 6. The minimum atomic E-state index is -3.54. The van der Waals surface area contributed by atoms with Crippen molar-refractivity contribution in [2.24, 2.45) is 5.92 Å². The molecule has 22 heavy (non-hydrogen) atoms. The number of hydrogen-bond acceptors (Lipinski definition) is 3. The van der Waals surface area contributed by atoms with Crippen molar-refractivity contribution in [3.05, 3.63) is 23.8 Å². The molecule has 1 aliphatic rings. The molecule has 1 aliphatic carbocycles. The van der Waals surface area contributed by atoms with E-state index in [0.29, 0.717) is 17.8 Å². The zero-order valence-corrected chi connectivity index (χ0v) is 14.4. The van der Waals surface area contributed by atoms with Crippen LogP contribution in [-0.2, 0) is 14.8 Å². The third-order valence-corrected chi connectivity index (χ3v) is 5.65. The lowest BCUT2D eigenvalue weighted by molar-refractivity contribution is -0.114. The largest absolute Gasteiger partial charge is 0.326 e. The Morgan fingerprint density at radius 2 is 2.00 bits per heavy atom. The monoisotopic (exact) mass is 324 g/mol. The lowest BCUT2D eigenvalue weighted by Crippen LogP contribution is -2.36. The number of amides is 1. The molecule has 5 nitrogen and oxygen atoms in total. The fourth-order valence-electron chi connectivity index (χ4n) is 2.45. The van der Waals surface area contributed by atoms with Crippen molar-refractivity contribution in [2.75, 3.05) is 11.9 Å². The van der Waals surface area contributed by atoms with Gasteiger partial charge in [-0.15, -0.1) is 0 Å². The number of hydrogen-bond donors (Lipinski definition) is 1. The number of sulfonamides is 1. The molecule has 1 saturated carbocycles. The van der Waals surface area contributed by atoms with Gasteiger partial charge in [-0.2, -0.15) is 4.31 Å². The van der Waals surface area contributed by atoms with Crippen LogP contribution in [0.25, 0.3) is 0 Å². The molecule has 6 heteroatoms. The second-order valence-electron chi connectivity index (χ2n) is 6.36. The Morgan fingerprint density at radius 1 is 1.36 bits per heavy atom. The van der Waals surface area contributed by atoms with Crippen LogP contribution in [0.4, 0.5) is 5.69 Å². The maximum absolute atomic E-state index is 13.0. The molecule has 0 radical (unpaired) electrons. The molecule has 1 aromatic carbocycles. The van der Waals surface area contributed by atoms with E-state index in [4.69, 9.17) is 0 Å². The molecular formula is C16H24N2O3S. The highest BCUT2D eigenvalue weighted by atomic mass is 32.2. The van der Waals surface area contributed by atoms with Gasteiger partial charge in [0.05, 0.1) is 4.90 Å². The summed E-state index contributed by atoms with van der Waals surface area (Å²) >= 11 is 0. The summed E-state index contributed by atoms with van der Waals surface area (Å²) in [5.74, 6) is 0.0580. The highest BCUT2D eigenvalue weighted by Gasteiger charge is 2.38. The molecule has 122 valence electrons. The van der Waals surface area contributed by atoms with E-state index in [9.17, 15) is 13.2 Å². The van der Waals surface area contributed by atoms with Crippen LogP contribution in [0.15, 0.2) is 23.1 Å². The minimum Gasteiger partial charge on any atom is -0.326 e. The second kappa shape index (κ2) is 6.38. The van der Waals surface area contributed by atoms with Gasteiger partial charge in [0, 0.05) is 25.2 Å². The van der Waals surface area contributed by atoms with Crippen molar-refractivity contribution >= 4 is 21.6 Å². The normalized spacial score (nSPS) is 15.4. The van der Waals surface area contributed by atoms with Crippen molar-refractivity contribution in [3.63, 3.8) is 0 Å². The molecule has 1 fully saturated rings. The molecule has 0 saturated heterocycles. The van der Waals surface area contributed by atoms with Crippen molar-refractivity contribution < 1.29 is 13.2 Å². The Balaban J connectivity index is 2.40. The number of aryl methyl sites for hydroxylation is 1. The maximum Gasteiger partial charge on any atom is 0.243 e. The van der Waals surface area contributed by atoms with Gasteiger partial charge in [-0.05, 0) is 43.4 Å². The molecule has 0 unspecified atom stereocenters. The average Bonchev–Trinajstić information content (AvgIpc) is 3.21. The van der Waals surface area contributed by atoms with Crippen LogP contribution in [0.1, 0.15) is 39.2 Å². The van der Waals surface area contributed by atoms with E-state index in [1.165, 1.54) is 6.92 Å². The van der Waals surface area contributed by atoms with Gasteiger partial charge in [0.25, 0.3) is 0 Å². The van der Waals surface area contributed by atoms with Crippen LogP contribution >= 0.6 is 0 Å². The Labute approximate surface area is 132 Å². The van der Waals surface area contributed by atoms with Crippen molar-refractivity contribution in [2.45, 2.75) is 51.5 Å². The van der Waals surface area contributed by atoms with E-state index in [2.05, 4.69) is 5.32 Å². The molecule has 0 aromatic heterocycles. The number of nitrogens with one attached hydrogen (secondary N) is 1. The number of carbonyl (C=O) groups excluding carboxylic acids is 1. The predicted molar refractivity (Wildman–Crippen MR) is 87.2 cm³/mol. The third kappa shape index (κ3) is 3.87. The van der Waals surface area contributed by atoms with Crippen molar-refractivity contribution in [3.8, 4) is 0 Å². The fraction of sp³-hybridized carbons (Fsp3) is 0.562. The Kier molecular flexibility index (Phi) is 4.92. The Morgan fingerprint density at radius 3 is 2.50 bits per heavy atom. The summed E-state index contributed by atoms with van der Waals surface area (Å²) in [6.45, 7) is 7.75. The smallest absolute Gasteiger partial charge is 0.243 e.